The highest BCUT2D eigenvalue weighted by atomic mass is 79.9. The predicted molar refractivity (Wildman–Crippen MR) is 82.0 cm³/mol. The maximum absolute atomic E-state index is 6.69. The molecule has 4 nitrogen and oxygen atoms in total. The van der Waals surface area contributed by atoms with Crippen LogP contribution in [0.2, 0.25) is 0 Å². The van der Waals surface area contributed by atoms with Crippen LogP contribution in [-0.2, 0) is 7.05 Å². The van der Waals surface area contributed by atoms with E-state index in [1.54, 1.807) is 0 Å². The van der Waals surface area contributed by atoms with Gasteiger partial charge in [-0.3, -0.25) is 9.58 Å². The Hall–Kier alpha value is -0.390. The molecular formula is C14H25BrN4. The molecular weight excluding hydrogens is 304 g/mol. The largest absolute Gasteiger partial charge is 0.321 e. The minimum atomic E-state index is -0.0116. The van der Waals surface area contributed by atoms with E-state index < -0.39 is 0 Å². The van der Waals surface area contributed by atoms with Crippen molar-refractivity contribution >= 4 is 15.9 Å². The van der Waals surface area contributed by atoms with E-state index in [1.165, 1.54) is 25.9 Å². The number of aromatic nitrogens is 2. The van der Waals surface area contributed by atoms with Crippen molar-refractivity contribution in [2.24, 2.45) is 12.8 Å². The van der Waals surface area contributed by atoms with Crippen LogP contribution < -0.4 is 5.73 Å². The van der Waals surface area contributed by atoms with Gasteiger partial charge in [0.05, 0.1) is 22.4 Å². The maximum Gasteiger partial charge on any atom is 0.0709 e. The summed E-state index contributed by atoms with van der Waals surface area (Å²) in [6.45, 7) is 6.85. The molecule has 5 heteroatoms. The zero-order valence-electron chi connectivity index (χ0n) is 12.2. The molecule has 0 bridgehead atoms. The summed E-state index contributed by atoms with van der Waals surface area (Å²) in [7, 11) is 1.97. The third-order valence-corrected chi connectivity index (χ3v) is 5.38. The summed E-state index contributed by atoms with van der Waals surface area (Å²) in [6.07, 6.45) is 6.57. The van der Waals surface area contributed by atoms with Crippen molar-refractivity contribution in [2.75, 3.05) is 13.1 Å². The van der Waals surface area contributed by atoms with Gasteiger partial charge in [0.25, 0.3) is 0 Å². The molecule has 19 heavy (non-hydrogen) atoms. The first kappa shape index (κ1) is 15.0. The van der Waals surface area contributed by atoms with Crippen molar-refractivity contribution in [2.45, 2.75) is 51.1 Å². The summed E-state index contributed by atoms with van der Waals surface area (Å²) < 4.78 is 2.93. The average molecular weight is 329 g/mol. The van der Waals surface area contributed by atoms with Crippen LogP contribution in [0.15, 0.2) is 10.7 Å². The van der Waals surface area contributed by atoms with Crippen LogP contribution in [0.5, 0.6) is 0 Å². The van der Waals surface area contributed by atoms with E-state index in [9.17, 15) is 0 Å². The topological polar surface area (TPSA) is 47.1 Å². The molecule has 108 valence electrons. The maximum atomic E-state index is 6.69. The Labute approximate surface area is 124 Å². The molecule has 0 amide bonds. The van der Waals surface area contributed by atoms with Crippen molar-refractivity contribution in [3.8, 4) is 0 Å². The van der Waals surface area contributed by atoms with Gasteiger partial charge in [-0.15, -0.1) is 0 Å². The highest BCUT2D eigenvalue weighted by Gasteiger charge is 2.42. The second kappa shape index (κ2) is 5.94. The molecule has 0 radical (unpaired) electrons. The molecule has 0 spiro atoms. The molecule has 2 rings (SSSR count). The van der Waals surface area contributed by atoms with Gasteiger partial charge in [0, 0.05) is 12.6 Å². The van der Waals surface area contributed by atoms with Crippen molar-refractivity contribution in [1.82, 2.24) is 14.7 Å². The van der Waals surface area contributed by atoms with E-state index >= 15 is 0 Å². The van der Waals surface area contributed by atoms with Gasteiger partial charge in [-0.2, -0.15) is 5.10 Å². The van der Waals surface area contributed by atoms with E-state index in [1.807, 2.05) is 17.9 Å². The van der Waals surface area contributed by atoms with Crippen LogP contribution in [0.25, 0.3) is 0 Å². The summed E-state index contributed by atoms with van der Waals surface area (Å²) in [5.74, 6) is 0. The van der Waals surface area contributed by atoms with Crippen molar-refractivity contribution in [1.29, 1.82) is 0 Å². The monoisotopic (exact) mass is 328 g/mol. The summed E-state index contributed by atoms with van der Waals surface area (Å²) >= 11 is 3.60. The lowest BCUT2D eigenvalue weighted by atomic mass is 9.81. The van der Waals surface area contributed by atoms with E-state index in [-0.39, 0.29) is 11.6 Å². The fraction of sp³-hybridized carbons (Fsp3) is 0.786. The molecule has 0 aliphatic carbocycles. The van der Waals surface area contributed by atoms with Gasteiger partial charge in [-0.05, 0) is 54.7 Å². The van der Waals surface area contributed by atoms with E-state index in [4.69, 9.17) is 5.73 Å². The zero-order valence-corrected chi connectivity index (χ0v) is 13.8. The highest BCUT2D eigenvalue weighted by Crippen LogP contribution is 2.39. The van der Waals surface area contributed by atoms with Crippen LogP contribution in [0.3, 0.4) is 0 Å². The Balaban J connectivity index is 2.38. The standard InChI is InChI=1S/C14H25BrN4/c1-4-14(5-2,19-8-6-7-9-19)13(16)12-11(15)10-17-18(12)3/h10,13H,4-9,16H2,1-3H3. The lowest BCUT2D eigenvalue weighted by Gasteiger charge is -2.45. The molecule has 2 N–H and O–H groups in total. The first-order valence-corrected chi connectivity index (χ1v) is 8.04. The summed E-state index contributed by atoms with van der Waals surface area (Å²) in [5, 5.41) is 4.32. The third-order valence-electron chi connectivity index (χ3n) is 4.77. The average Bonchev–Trinajstić information content (AvgIpc) is 3.03. The molecule has 0 aromatic carbocycles. The number of nitrogens with two attached hydrogens (primary N) is 1. The van der Waals surface area contributed by atoms with Crippen LogP contribution in [-0.4, -0.2) is 33.3 Å². The van der Waals surface area contributed by atoms with Crippen molar-refractivity contribution < 1.29 is 0 Å². The van der Waals surface area contributed by atoms with Gasteiger partial charge in [0.2, 0.25) is 0 Å². The number of halogens is 1. The first-order valence-electron chi connectivity index (χ1n) is 7.24. The van der Waals surface area contributed by atoms with Gasteiger partial charge < -0.3 is 5.73 Å². The summed E-state index contributed by atoms with van der Waals surface area (Å²) in [4.78, 5) is 2.59. The molecule has 1 aliphatic heterocycles. The molecule has 1 aromatic heterocycles. The first-order chi connectivity index (χ1) is 9.06. The Morgan fingerprint density at radius 3 is 2.37 bits per heavy atom. The Kier molecular flexibility index (Phi) is 4.69. The molecule has 1 aliphatic rings. The molecule has 0 saturated carbocycles. The van der Waals surface area contributed by atoms with Gasteiger partial charge in [-0.25, -0.2) is 0 Å². The summed E-state index contributed by atoms with van der Waals surface area (Å²) in [6, 6.07) is -0.0116. The number of nitrogens with zero attached hydrogens (tertiary/aromatic N) is 3. The fourth-order valence-electron chi connectivity index (χ4n) is 3.52. The molecule has 1 unspecified atom stereocenters. The smallest absolute Gasteiger partial charge is 0.0709 e. The minimum Gasteiger partial charge on any atom is -0.321 e. The van der Waals surface area contributed by atoms with E-state index in [0.29, 0.717) is 0 Å². The molecule has 2 heterocycles. The van der Waals surface area contributed by atoms with Crippen molar-refractivity contribution in [3.05, 3.63) is 16.4 Å². The highest BCUT2D eigenvalue weighted by molar-refractivity contribution is 9.10. The quantitative estimate of drug-likeness (QED) is 0.904. The second-order valence-corrected chi connectivity index (χ2v) is 6.34. The van der Waals surface area contributed by atoms with Gasteiger partial charge in [-0.1, -0.05) is 13.8 Å². The minimum absolute atomic E-state index is 0.0116. The number of hydrogen-bond donors (Lipinski definition) is 1. The zero-order chi connectivity index (χ0) is 14.0. The molecule has 1 fully saturated rings. The van der Waals surface area contributed by atoms with Crippen LogP contribution in [0.4, 0.5) is 0 Å². The van der Waals surface area contributed by atoms with Crippen LogP contribution in [0.1, 0.15) is 51.3 Å². The van der Waals surface area contributed by atoms with E-state index in [0.717, 1.165) is 23.0 Å². The van der Waals surface area contributed by atoms with Crippen molar-refractivity contribution in [3.63, 3.8) is 0 Å². The van der Waals surface area contributed by atoms with E-state index in [2.05, 4.69) is 39.8 Å². The Morgan fingerprint density at radius 1 is 1.37 bits per heavy atom. The third kappa shape index (κ3) is 2.48. The molecule has 1 atom stereocenters. The number of rotatable bonds is 5. The number of aryl methyl sites for hydroxylation is 1. The molecule has 1 aromatic rings. The Morgan fingerprint density at radius 2 is 1.95 bits per heavy atom. The number of likely N-dealkylation sites (tertiary alicyclic amines) is 1. The predicted octanol–water partition coefficient (Wildman–Crippen LogP) is 2.84. The fourth-order valence-corrected chi connectivity index (χ4v) is 4.12. The normalized spacial score (nSPS) is 19.0. The summed E-state index contributed by atoms with van der Waals surface area (Å²) in [5.41, 5.74) is 7.84. The molecule has 1 saturated heterocycles. The number of hydrogen-bond acceptors (Lipinski definition) is 3. The van der Waals surface area contributed by atoms with Crippen LogP contribution >= 0.6 is 15.9 Å². The lowest BCUT2D eigenvalue weighted by molar-refractivity contribution is 0.0736. The van der Waals surface area contributed by atoms with Gasteiger partial charge in [0.15, 0.2) is 0 Å². The van der Waals surface area contributed by atoms with Gasteiger partial charge in [0.1, 0.15) is 0 Å². The Bertz CT molecular complexity index is 400. The second-order valence-electron chi connectivity index (χ2n) is 5.48. The SMILES string of the molecule is CCC(CC)(C(N)c1c(Br)cnn1C)N1CCCC1. The van der Waals surface area contributed by atoms with Crippen LogP contribution in [0, 0.1) is 0 Å². The van der Waals surface area contributed by atoms with Gasteiger partial charge >= 0.3 is 0 Å². The lowest BCUT2D eigenvalue weighted by Crippen LogP contribution is -2.54.